The minimum Gasteiger partial charge on any atom is -0.305 e. The van der Waals surface area contributed by atoms with E-state index in [-0.39, 0.29) is 5.69 Å². The highest BCUT2D eigenvalue weighted by molar-refractivity contribution is 7.18. The average Bonchev–Trinajstić information content (AvgIpc) is 2.81. The predicted molar refractivity (Wildman–Crippen MR) is 71.8 cm³/mol. The SMILES string of the molecule is O=c1[nH]c2ccc(Cl)cc2n1-c1ccc(Cl)s1. The van der Waals surface area contributed by atoms with Crippen molar-refractivity contribution in [1.29, 1.82) is 0 Å². The normalized spacial score (nSPS) is 11.2. The zero-order valence-electron chi connectivity index (χ0n) is 8.41. The van der Waals surface area contributed by atoms with E-state index >= 15 is 0 Å². The lowest BCUT2D eigenvalue weighted by Crippen LogP contribution is -2.13. The Morgan fingerprint density at radius 2 is 2.00 bits per heavy atom. The topological polar surface area (TPSA) is 37.8 Å². The Balaban J connectivity index is 2.39. The van der Waals surface area contributed by atoms with Gasteiger partial charge in [0.2, 0.25) is 0 Å². The molecule has 3 rings (SSSR count). The molecule has 17 heavy (non-hydrogen) atoms. The van der Waals surface area contributed by atoms with Crippen molar-refractivity contribution in [2.75, 3.05) is 0 Å². The van der Waals surface area contributed by atoms with Crippen LogP contribution >= 0.6 is 34.5 Å². The molecule has 0 fully saturated rings. The fraction of sp³-hybridized carbons (Fsp3) is 0. The Morgan fingerprint density at radius 1 is 1.18 bits per heavy atom. The number of benzene rings is 1. The minimum absolute atomic E-state index is 0.194. The number of hydrogen-bond acceptors (Lipinski definition) is 2. The number of nitrogens with one attached hydrogen (secondary N) is 1. The molecule has 0 spiro atoms. The summed E-state index contributed by atoms with van der Waals surface area (Å²) in [6.07, 6.45) is 0. The van der Waals surface area contributed by atoms with Crippen molar-refractivity contribution in [1.82, 2.24) is 9.55 Å². The molecule has 0 atom stereocenters. The molecule has 2 heterocycles. The molecule has 0 bridgehead atoms. The third-order valence-electron chi connectivity index (χ3n) is 2.42. The van der Waals surface area contributed by atoms with Crippen LogP contribution in [0, 0.1) is 0 Å². The zero-order valence-corrected chi connectivity index (χ0v) is 10.7. The largest absolute Gasteiger partial charge is 0.331 e. The van der Waals surface area contributed by atoms with Crippen LogP contribution in [-0.2, 0) is 0 Å². The number of rotatable bonds is 1. The van der Waals surface area contributed by atoms with Gasteiger partial charge in [0.25, 0.3) is 0 Å². The summed E-state index contributed by atoms with van der Waals surface area (Å²) in [5.74, 6) is 0. The lowest BCUT2D eigenvalue weighted by atomic mass is 10.3. The highest BCUT2D eigenvalue weighted by Gasteiger charge is 2.10. The Hall–Kier alpha value is -1.23. The van der Waals surface area contributed by atoms with Gasteiger partial charge in [-0.25, -0.2) is 4.79 Å². The van der Waals surface area contributed by atoms with Gasteiger partial charge >= 0.3 is 5.69 Å². The monoisotopic (exact) mass is 284 g/mol. The predicted octanol–water partition coefficient (Wildman–Crippen LogP) is 3.69. The summed E-state index contributed by atoms with van der Waals surface area (Å²) in [5.41, 5.74) is 1.31. The Morgan fingerprint density at radius 3 is 2.71 bits per heavy atom. The molecule has 0 aliphatic carbocycles. The van der Waals surface area contributed by atoms with E-state index in [1.54, 1.807) is 28.8 Å². The first kappa shape index (κ1) is 10.9. The van der Waals surface area contributed by atoms with Crippen LogP contribution in [0.25, 0.3) is 16.0 Å². The van der Waals surface area contributed by atoms with Crippen LogP contribution in [0.5, 0.6) is 0 Å². The Labute approximate surface area is 110 Å². The smallest absolute Gasteiger partial charge is 0.305 e. The average molecular weight is 285 g/mol. The van der Waals surface area contributed by atoms with E-state index < -0.39 is 0 Å². The summed E-state index contributed by atoms with van der Waals surface area (Å²) < 4.78 is 2.21. The number of H-pyrrole nitrogens is 1. The van der Waals surface area contributed by atoms with Crippen LogP contribution in [-0.4, -0.2) is 9.55 Å². The van der Waals surface area contributed by atoms with Crippen molar-refractivity contribution >= 4 is 45.6 Å². The van der Waals surface area contributed by atoms with Crippen LogP contribution in [0.2, 0.25) is 9.36 Å². The number of aromatic amines is 1. The van der Waals surface area contributed by atoms with Crippen molar-refractivity contribution in [2.24, 2.45) is 0 Å². The molecule has 1 N–H and O–H groups in total. The summed E-state index contributed by atoms with van der Waals surface area (Å²) in [7, 11) is 0. The van der Waals surface area contributed by atoms with E-state index in [9.17, 15) is 4.79 Å². The van der Waals surface area contributed by atoms with Crippen LogP contribution in [0.4, 0.5) is 0 Å². The maximum Gasteiger partial charge on any atom is 0.331 e. The van der Waals surface area contributed by atoms with E-state index in [1.165, 1.54) is 11.3 Å². The Kier molecular flexibility index (Phi) is 2.50. The second-order valence-electron chi connectivity index (χ2n) is 3.50. The third kappa shape index (κ3) is 1.78. The molecule has 86 valence electrons. The molecule has 6 heteroatoms. The number of thiophene rings is 1. The third-order valence-corrected chi connectivity index (χ3v) is 3.88. The molecule has 0 amide bonds. The number of aromatic nitrogens is 2. The van der Waals surface area contributed by atoms with E-state index in [0.29, 0.717) is 9.36 Å². The number of imidazole rings is 1. The van der Waals surface area contributed by atoms with Gasteiger partial charge in [-0.3, -0.25) is 4.57 Å². The molecule has 0 unspecified atom stereocenters. The number of halogens is 2. The van der Waals surface area contributed by atoms with E-state index in [2.05, 4.69) is 4.98 Å². The molecular weight excluding hydrogens is 279 g/mol. The molecule has 2 aromatic heterocycles. The van der Waals surface area contributed by atoms with E-state index in [0.717, 1.165) is 16.0 Å². The summed E-state index contributed by atoms with van der Waals surface area (Å²) in [6, 6.07) is 8.85. The van der Waals surface area contributed by atoms with Crippen LogP contribution < -0.4 is 5.69 Å². The van der Waals surface area contributed by atoms with Gasteiger partial charge in [0.05, 0.1) is 15.4 Å². The summed E-state index contributed by atoms with van der Waals surface area (Å²) in [5, 5.41) is 1.36. The molecular formula is C11H6Cl2N2OS. The lowest BCUT2D eigenvalue weighted by molar-refractivity contribution is 1.04. The molecule has 3 nitrogen and oxygen atoms in total. The Bertz CT molecular complexity index is 756. The first-order chi connectivity index (χ1) is 8.15. The van der Waals surface area contributed by atoms with Gasteiger partial charge in [-0.15, -0.1) is 11.3 Å². The molecule has 0 saturated heterocycles. The number of fused-ring (bicyclic) bond motifs is 1. The number of nitrogens with zero attached hydrogens (tertiary/aromatic N) is 1. The van der Waals surface area contributed by atoms with Gasteiger partial charge < -0.3 is 4.98 Å². The highest BCUT2D eigenvalue weighted by atomic mass is 35.5. The van der Waals surface area contributed by atoms with Gasteiger partial charge in [-0.1, -0.05) is 23.2 Å². The van der Waals surface area contributed by atoms with Crippen LogP contribution in [0.1, 0.15) is 0 Å². The van der Waals surface area contributed by atoms with E-state index in [4.69, 9.17) is 23.2 Å². The number of hydrogen-bond donors (Lipinski definition) is 1. The fourth-order valence-electron chi connectivity index (χ4n) is 1.72. The van der Waals surface area contributed by atoms with Crippen molar-refractivity contribution in [3.8, 4) is 5.00 Å². The molecule has 0 saturated carbocycles. The summed E-state index contributed by atoms with van der Waals surface area (Å²) in [4.78, 5) is 14.7. The van der Waals surface area contributed by atoms with Crippen LogP contribution in [0.3, 0.4) is 0 Å². The maximum atomic E-state index is 11.9. The van der Waals surface area contributed by atoms with Crippen molar-refractivity contribution in [2.45, 2.75) is 0 Å². The minimum atomic E-state index is -0.194. The first-order valence-electron chi connectivity index (χ1n) is 4.81. The summed E-state index contributed by atoms with van der Waals surface area (Å²) in [6.45, 7) is 0. The molecule has 0 aliphatic heterocycles. The quantitative estimate of drug-likeness (QED) is 0.727. The molecule has 3 aromatic rings. The van der Waals surface area contributed by atoms with Gasteiger partial charge in [0, 0.05) is 5.02 Å². The maximum absolute atomic E-state index is 11.9. The second-order valence-corrected chi connectivity index (χ2v) is 5.63. The van der Waals surface area contributed by atoms with Crippen molar-refractivity contribution in [3.63, 3.8) is 0 Å². The second kappa shape index (κ2) is 3.91. The van der Waals surface area contributed by atoms with Crippen LogP contribution in [0.15, 0.2) is 35.1 Å². The standard InChI is InChI=1S/C11H6Cl2N2OS/c12-6-1-2-7-8(5-6)15(11(16)14-7)10-4-3-9(13)17-10/h1-5H,(H,14,16). The van der Waals surface area contributed by atoms with Gasteiger partial charge in [-0.2, -0.15) is 0 Å². The lowest BCUT2D eigenvalue weighted by Gasteiger charge is -1.98. The molecule has 1 aromatic carbocycles. The van der Waals surface area contributed by atoms with Gasteiger partial charge in [0.15, 0.2) is 0 Å². The van der Waals surface area contributed by atoms with Crippen molar-refractivity contribution < 1.29 is 0 Å². The first-order valence-corrected chi connectivity index (χ1v) is 6.38. The fourth-order valence-corrected chi connectivity index (χ4v) is 2.93. The summed E-state index contributed by atoms with van der Waals surface area (Å²) >= 11 is 13.2. The van der Waals surface area contributed by atoms with Gasteiger partial charge in [-0.05, 0) is 30.3 Å². The van der Waals surface area contributed by atoms with E-state index in [1.807, 2.05) is 6.07 Å². The van der Waals surface area contributed by atoms with Gasteiger partial charge in [0.1, 0.15) is 5.00 Å². The zero-order chi connectivity index (χ0) is 12.0. The van der Waals surface area contributed by atoms with Crippen molar-refractivity contribution in [3.05, 3.63) is 50.2 Å². The highest BCUT2D eigenvalue weighted by Crippen LogP contribution is 2.27. The molecule has 0 radical (unpaired) electrons. The molecule has 0 aliphatic rings.